The van der Waals surface area contributed by atoms with E-state index in [1.807, 2.05) is 6.07 Å². The van der Waals surface area contributed by atoms with Crippen LogP contribution >= 0.6 is 0 Å². The Morgan fingerprint density at radius 1 is 1.50 bits per heavy atom. The van der Waals surface area contributed by atoms with Gasteiger partial charge in [-0.15, -0.1) is 0 Å². The summed E-state index contributed by atoms with van der Waals surface area (Å²) in [5.74, 6) is 0.304. The summed E-state index contributed by atoms with van der Waals surface area (Å²) in [6.45, 7) is 4.89. The van der Waals surface area contributed by atoms with Crippen LogP contribution in [0.3, 0.4) is 0 Å². The normalized spacial score (nSPS) is 26.2. The Hall–Kier alpha value is -0.930. The number of nitrogens with two attached hydrogens (primary N) is 1. The van der Waals surface area contributed by atoms with E-state index in [0.717, 1.165) is 25.1 Å². The quantitative estimate of drug-likeness (QED) is 0.849. The highest BCUT2D eigenvalue weighted by molar-refractivity contribution is 5.22. The summed E-state index contributed by atoms with van der Waals surface area (Å²) >= 11 is 0. The Morgan fingerprint density at radius 2 is 2.31 bits per heavy atom. The molecule has 1 aromatic carbocycles. The van der Waals surface area contributed by atoms with Gasteiger partial charge in [0.15, 0.2) is 0 Å². The Labute approximate surface area is 96.2 Å². The van der Waals surface area contributed by atoms with Crippen LogP contribution in [0.1, 0.15) is 24.9 Å². The van der Waals surface area contributed by atoms with Gasteiger partial charge in [-0.3, -0.25) is 4.90 Å². The van der Waals surface area contributed by atoms with Gasteiger partial charge in [0.2, 0.25) is 0 Å². The zero-order valence-corrected chi connectivity index (χ0v) is 9.70. The summed E-state index contributed by atoms with van der Waals surface area (Å²) < 4.78 is 13.2. The minimum absolute atomic E-state index is 0.156. The zero-order valence-electron chi connectivity index (χ0n) is 9.70. The predicted octanol–water partition coefficient (Wildman–Crippen LogP) is 2.17. The van der Waals surface area contributed by atoms with Crippen molar-refractivity contribution in [2.75, 3.05) is 19.6 Å². The van der Waals surface area contributed by atoms with Crippen LogP contribution in [0.15, 0.2) is 24.3 Å². The van der Waals surface area contributed by atoms with Crippen LogP contribution in [0.5, 0.6) is 0 Å². The van der Waals surface area contributed by atoms with Crippen LogP contribution in [0.4, 0.5) is 4.39 Å². The molecule has 2 N–H and O–H groups in total. The first kappa shape index (κ1) is 11.6. The van der Waals surface area contributed by atoms with Gasteiger partial charge in [0.05, 0.1) is 0 Å². The molecule has 2 unspecified atom stereocenters. The van der Waals surface area contributed by atoms with Gasteiger partial charge in [0.1, 0.15) is 5.82 Å². The SMILES string of the molecule is CCN1CCC(CN)C1c1cccc(F)c1. The second-order valence-electron chi connectivity index (χ2n) is 4.41. The lowest BCUT2D eigenvalue weighted by molar-refractivity contribution is 0.241. The van der Waals surface area contributed by atoms with Crippen molar-refractivity contribution in [1.29, 1.82) is 0 Å². The highest BCUT2D eigenvalue weighted by Crippen LogP contribution is 2.36. The minimum Gasteiger partial charge on any atom is -0.330 e. The molecule has 1 aliphatic heterocycles. The van der Waals surface area contributed by atoms with Gasteiger partial charge in [-0.05, 0) is 49.7 Å². The molecule has 0 radical (unpaired) electrons. The van der Waals surface area contributed by atoms with Crippen LogP contribution in [0.2, 0.25) is 0 Å². The summed E-state index contributed by atoms with van der Waals surface area (Å²) in [6.07, 6.45) is 1.12. The monoisotopic (exact) mass is 222 g/mol. The van der Waals surface area contributed by atoms with E-state index in [0.29, 0.717) is 18.5 Å². The molecule has 1 heterocycles. The third-order valence-electron chi connectivity index (χ3n) is 3.53. The van der Waals surface area contributed by atoms with Crippen molar-refractivity contribution in [1.82, 2.24) is 4.90 Å². The Bertz CT molecular complexity index is 342. The molecule has 88 valence electrons. The summed E-state index contributed by atoms with van der Waals surface area (Å²) in [4.78, 5) is 2.38. The topological polar surface area (TPSA) is 29.3 Å². The standard InChI is InChI=1S/C13H19FN2/c1-2-16-7-6-11(9-15)13(16)10-4-3-5-12(14)8-10/h3-5,8,11,13H,2,6-7,9,15H2,1H3. The molecule has 16 heavy (non-hydrogen) atoms. The first-order valence-electron chi connectivity index (χ1n) is 5.95. The Balaban J connectivity index is 2.28. The van der Waals surface area contributed by atoms with Gasteiger partial charge in [0.25, 0.3) is 0 Å². The van der Waals surface area contributed by atoms with Crippen molar-refractivity contribution in [3.05, 3.63) is 35.6 Å². The van der Waals surface area contributed by atoms with E-state index in [9.17, 15) is 4.39 Å². The first-order chi connectivity index (χ1) is 7.76. The molecule has 0 aliphatic carbocycles. The molecule has 0 spiro atoms. The fourth-order valence-electron chi connectivity index (χ4n) is 2.70. The van der Waals surface area contributed by atoms with Gasteiger partial charge in [-0.1, -0.05) is 19.1 Å². The number of halogens is 1. The van der Waals surface area contributed by atoms with E-state index in [-0.39, 0.29) is 5.82 Å². The number of nitrogens with zero attached hydrogens (tertiary/aromatic N) is 1. The average molecular weight is 222 g/mol. The summed E-state index contributed by atoms with van der Waals surface area (Å²) in [5, 5.41) is 0. The number of hydrogen-bond acceptors (Lipinski definition) is 2. The van der Waals surface area contributed by atoms with Gasteiger partial charge < -0.3 is 5.73 Å². The number of benzene rings is 1. The molecule has 2 atom stereocenters. The molecule has 0 saturated carbocycles. The molecule has 1 aliphatic rings. The maximum Gasteiger partial charge on any atom is 0.123 e. The maximum absolute atomic E-state index is 13.2. The van der Waals surface area contributed by atoms with Crippen molar-refractivity contribution < 1.29 is 4.39 Å². The van der Waals surface area contributed by atoms with Crippen LogP contribution < -0.4 is 5.73 Å². The maximum atomic E-state index is 13.2. The van der Waals surface area contributed by atoms with Gasteiger partial charge >= 0.3 is 0 Å². The molecule has 1 fully saturated rings. The predicted molar refractivity (Wildman–Crippen MR) is 63.5 cm³/mol. The lowest BCUT2D eigenvalue weighted by Gasteiger charge is -2.27. The van der Waals surface area contributed by atoms with E-state index < -0.39 is 0 Å². The smallest absolute Gasteiger partial charge is 0.123 e. The molecular formula is C13H19FN2. The van der Waals surface area contributed by atoms with E-state index in [1.165, 1.54) is 6.07 Å². The third-order valence-corrected chi connectivity index (χ3v) is 3.53. The molecule has 0 bridgehead atoms. The molecule has 2 nitrogen and oxygen atoms in total. The average Bonchev–Trinajstić information content (AvgIpc) is 2.71. The lowest BCUT2D eigenvalue weighted by atomic mass is 9.94. The molecule has 3 heteroatoms. The van der Waals surface area contributed by atoms with Crippen molar-refractivity contribution >= 4 is 0 Å². The fourth-order valence-corrected chi connectivity index (χ4v) is 2.70. The summed E-state index contributed by atoms with van der Waals surface area (Å²) in [5.41, 5.74) is 6.86. The van der Waals surface area contributed by atoms with Crippen LogP contribution in [-0.4, -0.2) is 24.5 Å². The molecule has 0 amide bonds. The van der Waals surface area contributed by atoms with E-state index in [4.69, 9.17) is 5.73 Å². The summed E-state index contributed by atoms with van der Waals surface area (Å²) in [7, 11) is 0. The van der Waals surface area contributed by atoms with Crippen molar-refractivity contribution in [3.63, 3.8) is 0 Å². The molecule has 1 saturated heterocycles. The molecule has 2 rings (SSSR count). The number of likely N-dealkylation sites (tertiary alicyclic amines) is 1. The molecule has 1 aromatic rings. The van der Waals surface area contributed by atoms with E-state index in [1.54, 1.807) is 12.1 Å². The lowest BCUT2D eigenvalue weighted by Crippen LogP contribution is -2.28. The Morgan fingerprint density at radius 3 is 2.94 bits per heavy atom. The van der Waals surface area contributed by atoms with E-state index >= 15 is 0 Å². The highest BCUT2D eigenvalue weighted by Gasteiger charge is 2.33. The molecule has 0 aromatic heterocycles. The van der Waals surface area contributed by atoms with Crippen molar-refractivity contribution in [2.24, 2.45) is 11.7 Å². The number of hydrogen-bond donors (Lipinski definition) is 1. The second kappa shape index (κ2) is 4.93. The van der Waals surface area contributed by atoms with Crippen molar-refractivity contribution in [2.45, 2.75) is 19.4 Å². The second-order valence-corrected chi connectivity index (χ2v) is 4.41. The van der Waals surface area contributed by atoms with Crippen LogP contribution in [0.25, 0.3) is 0 Å². The summed E-state index contributed by atoms with van der Waals surface area (Å²) in [6, 6.07) is 7.22. The third kappa shape index (κ3) is 2.11. The number of rotatable bonds is 3. The fraction of sp³-hybridized carbons (Fsp3) is 0.538. The van der Waals surface area contributed by atoms with Gasteiger partial charge in [-0.2, -0.15) is 0 Å². The van der Waals surface area contributed by atoms with Gasteiger partial charge in [-0.25, -0.2) is 4.39 Å². The minimum atomic E-state index is -0.156. The van der Waals surface area contributed by atoms with Gasteiger partial charge in [0, 0.05) is 6.04 Å². The van der Waals surface area contributed by atoms with Crippen molar-refractivity contribution in [3.8, 4) is 0 Å². The molecular weight excluding hydrogens is 203 g/mol. The van der Waals surface area contributed by atoms with Crippen LogP contribution in [-0.2, 0) is 0 Å². The largest absolute Gasteiger partial charge is 0.330 e. The van der Waals surface area contributed by atoms with E-state index in [2.05, 4.69) is 11.8 Å². The highest BCUT2D eigenvalue weighted by atomic mass is 19.1. The zero-order chi connectivity index (χ0) is 11.5. The van der Waals surface area contributed by atoms with Crippen LogP contribution in [0, 0.1) is 11.7 Å². The first-order valence-corrected chi connectivity index (χ1v) is 5.95. The Kier molecular flexibility index (Phi) is 3.56.